The molecule has 0 saturated carbocycles. The lowest BCUT2D eigenvalue weighted by atomic mass is 10.1. The zero-order chi connectivity index (χ0) is 10.1. The summed E-state index contributed by atoms with van der Waals surface area (Å²) in [6.45, 7) is 0.476. The molecule has 2 rings (SSSR count). The van der Waals surface area contributed by atoms with E-state index in [9.17, 15) is 4.39 Å². The number of benzene rings is 2. The molecule has 0 aliphatic carbocycles. The van der Waals surface area contributed by atoms with Crippen molar-refractivity contribution < 1.29 is 4.39 Å². The molecule has 0 aliphatic heterocycles. The van der Waals surface area contributed by atoms with Gasteiger partial charge >= 0.3 is 0 Å². The highest BCUT2D eigenvalue weighted by Gasteiger charge is 2.02. The number of nitrogens with two attached hydrogens (primary N) is 1. The third-order valence-corrected chi connectivity index (χ3v) is 2.82. The summed E-state index contributed by atoms with van der Waals surface area (Å²) in [6, 6.07) is 8.78. The maximum absolute atomic E-state index is 13.1. The fourth-order valence-corrected chi connectivity index (χ4v) is 2.04. The monoisotopic (exact) mass is 253 g/mol. The first-order valence-corrected chi connectivity index (χ1v) is 5.08. The lowest BCUT2D eigenvalue weighted by Crippen LogP contribution is -1.95. The first kappa shape index (κ1) is 9.62. The Bertz CT molecular complexity index is 482. The molecule has 2 N–H and O–H groups in total. The van der Waals surface area contributed by atoms with Crippen molar-refractivity contribution in [3.63, 3.8) is 0 Å². The lowest BCUT2D eigenvalue weighted by molar-refractivity contribution is 0.629. The van der Waals surface area contributed by atoms with Crippen molar-refractivity contribution in [2.75, 3.05) is 0 Å². The minimum absolute atomic E-state index is 0.237. The Morgan fingerprint density at radius 3 is 2.71 bits per heavy atom. The highest BCUT2D eigenvalue weighted by Crippen LogP contribution is 2.26. The maximum Gasteiger partial charge on any atom is 0.124 e. The van der Waals surface area contributed by atoms with E-state index in [4.69, 9.17) is 5.73 Å². The highest BCUT2D eigenvalue weighted by molar-refractivity contribution is 9.10. The van der Waals surface area contributed by atoms with E-state index in [-0.39, 0.29) is 5.82 Å². The number of fused-ring (bicyclic) bond motifs is 1. The molecule has 0 unspecified atom stereocenters. The summed E-state index contributed by atoms with van der Waals surface area (Å²) in [5.41, 5.74) is 6.52. The quantitative estimate of drug-likeness (QED) is 0.830. The summed E-state index contributed by atoms with van der Waals surface area (Å²) in [4.78, 5) is 0. The van der Waals surface area contributed by atoms with E-state index >= 15 is 0 Å². The van der Waals surface area contributed by atoms with Gasteiger partial charge in [0.15, 0.2) is 0 Å². The van der Waals surface area contributed by atoms with Crippen LogP contribution in [0.25, 0.3) is 10.8 Å². The molecule has 0 aromatic heterocycles. The molecule has 1 nitrogen and oxygen atoms in total. The standard InChI is InChI=1S/C11H9BrFN/c12-11-5-9(13)4-8-3-7(6-14)1-2-10(8)11/h1-5H,6,14H2. The lowest BCUT2D eigenvalue weighted by Gasteiger charge is -2.03. The molecular formula is C11H9BrFN. The van der Waals surface area contributed by atoms with Crippen LogP contribution in [0.5, 0.6) is 0 Å². The molecule has 3 heteroatoms. The Morgan fingerprint density at radius 2 is 2.00 bits per heavy atom. The molecule has 0 bridgehead atoms. The number of halogens is 2. The fourth-order valence-electron chi connectivity index (χ4n) is 1.47. The number of hydrogen-bond donors (Lipinski definition) is 1. The van der Waals surface area contributed by atoms with Gasteiger partial charge in [-0.25, -0.2) is 4.39 Å². The highest BCUT2D eigenvalue weighted by atomic mass is 79.9. The second kappa shape index (κ2) is 3.67. The van der Waals surface area contributed by atoms with Gasteiger partial charge in [0.1, 0.15) is 5.82 Å². The van der Waals surface area contributed by atoms with Crippen LogP contribution in [-0.2, 0) is 6.54 Å². The third kappa shape index (κ3) is 1.65. The summed E-state index contributed by atoms with van der Waals surface area (Å²) in [5.74, 6) is -0.237. The zero-order valence-corrected chi connectivity index (χ0v) is 9.01. The molecule has 14 heavy (non-hydrogen) atoms. The van der Waals surface area contributed by atoms with Crippen molar-refractivity contribution in [3.05, 3.63) is 46.2 Å². The summed E-state index contributed by atoms with van der Waals surface area (Å²) >= 11 is 3.32. The van der Waals surface area contributed by atoms with Crippen molar-refractivity contribution in [2.24, 2.45) is 5.73 Å². The fraction of sp³-hybridized carbons (Fsp3) is 0.0909. The van der Waals surface area contributed by atoms with Crippen LogP contribution in [0.2, 0.25) is 0 Å². The van der Waals surface area contributed by atoms with E-state index in [0.717, 1.165) is 20.8 Å². The number of hydrogen-bond acceptors (Lipinski definition) is 1. The van der Waals surface area contributed by atoms with Gasteiger partial charge in [0, 0.05) is 11.0 Å². The van der Waals surface area contributed by atoms with Crippen molar-refractivity contribution in [1.29, 1.82) is 0 Å². The summed E-state index contributed by atoms with van der Waals surface area (Å²) < 4.78 is 13.8. The van der Waals surface area contributed by atoms with Gasteiger partial charge in [-0.05, 0) is 34.5 Å². The van der Waals surface area contributed by atoms with Crippen molar-refractivity contribution in [1.82, 2.24) is 0 Å². The van der Waals surface area contributed by atoms with E-state index in [0.29, 0.717) is 6.54 Å². The molecule has 72 valence electrons. The predicted molar refractivity (Wildman–Crippen MR) is 59.5 cm³/mol. The average molecular weight is 254 g/mol. The molecule has 2 aromatic rings. The van der Waals surface area contributed by atoms with E-state index in [1.807, 2.05) is 18.2 Å². The number of rotatable bonds is 1. The Balaban J connectivity index is 2.75. The van der Waals surface area contributed by atoms with E-state index in [1.54, 1.807) is 0 Å². The van der Waals surface area contributed by atoms with E-state index < -0.39 is 0 Å². The second-order valence-corrected chi connectivity index (χ2v) is 4.00. The van der Waals surface area contributed by atoms with Crippen molar-refractivity contribution in [3.8, 4) is 0 Å². The molecule has 0 heterocycles. The minimum Gasteiger partial charge on any atom is -0.326 e. The van der Waals surface area contributed by atoms with Crippen LogP contribution in [0.1, 0.15) is 5.56 Å². The Morgan fingerprint density at radius 1 is 1.21 bits per heavy atom. The minimum atomic E-state index is -0.237. The average Bonchev–Trinajstić information content (AvgIpc) is 2.16. The summed E-state index contributed by atoms with van der Waals surface area (Å²) in [6.07, 6.45) is 0. The first-order chi connectivity index (χ1) is 6.70. The smallest absolute Gasteiger partial charge is 0.124 e. The molecule has 0 spiro atoms. The molecule has 0 amide bonds. The van der Waals surface area contributed by atoms with Crippen LogP contribution < -0.4 is 5.73 Å². The van der Waals surface area contributed by atoms with Crippen LogP contribution in [0.4, 0.5) is 4.39 Å². The molecule has 0 atom stereocenters. The van der Waals surface area contributed by atoms with Crippen LogP contribution in [0.3, 0.4) is 0 Å². The van der Waals surface area contributed by atoms with Gasteiger partial charge in [-0.2, -0.15) is 0 Å². The molecule has 0 fully saturated rings. The summed E-state index contributed by atoms with van der Waals surface area (Å²) in [7, 11) is 0. The molecule has 2 aromatic carbocycles. The zero-order valence-electron chi connectivity index (χ0n) is 7.43. The predicted octanol–water partition coefficient (Wildman–Crippen LogP) is 3.20. The van der Waals surface area contributed by atoms with Crippen LogP contribution >= 0.6 is 15.9 Å². The van der Waals surface area contributed by atoms with E-state index in [2.05, 4.69) is 15.9 Å². The molecule has 0 aliphatic rings. The maximum atomic E-state index is 13.1. The Labute approximate surface area is 89.9 Å². The SMILES string of the molecule is NCc1ccc2c(Br)cc(F)cc2c1. The van der Waals surface area contributed by atoms with Crippen LogP contribution in [-0.4, -0.2) is 0 Å². The summed E-state index contributed by atoms with van der Waals surface area (Å²) in [5, 5.41) is 1.88. The Kier molecular flexibility index (Phi) is 2.52. The Hall–Kier alpha value is -0.930. The third-order valence-electron chi connectivity index (χ3n) is 2.17. The van der Waals surface area contributed by atoms with Crippen molar-refractivity contribution in [2.45, 2.75) is 6.54 Å². The van der Waals surface area contributed by atoms with Crippen LogP contribution in [0.15, 0.2) is 34.8 Å². The topological polar surface area (TPSA) is 26.0 Å². The van der Waals surface area contributed by atoms with Gasteiger partial charge in [0.2, 0.25) is 0 Å². The van der Waals surface area contributed by atoms with Crippen molar-refractivity contribution >= 4 is 26.7 Å². The van der Waals surface area contributed by atoms with Gasteiger partial charge in [0.25, 0.3) is 0 Å². The largest absolute Gasteiger partial charge is 0.326 e. The van der Waals surface area contributed by atoms with Crippen LogP contribution in [0, 0.1) is 5.82 Å². The normalized spacial score (nSPS) is 10.8. The van der Waals surface area contributed by atoms with Gasteiger partial charge in [0.05, 0.1) is 0 Å². The molecular weight excluding hydrogens is 245 g/mol. The van der Waals surface area contributed by atoms with Gasteiger partial charge in [-0.1, -0.05) is 28.1 Å². The van der Waals surface area contributed by atoms with Gasteiger partial charge in [-0.15, -0.1) is 0 Å². The molecule has 0 saturated heterocycles. The second-order valence-electron chi connectivity index (χ2n) is 3.15. The first-order valence-electron chi connectivity index (χ1n) is 4.28. The molecule has 0 radical (unpaired) electrons. The van der Waals surface area contributed by atoms with E-state index in [1.165, 1.54) is 12.1 Å². The van der Waals surface area contributed by atoms with Gasteiger partial charge in [-0.3, -0.25) is 0 Å². The van der Waals surface area contributed by atoms with Gasteiger partial charge < -0.3 is 5.73 Å².